The number of nitrogens with zero attached hydrogens (tertiary/aromatic N) is 2. The maximum atomic E-state index is 13.4. The minimum absolute atomic E-state index is 0.0160. The van der Waals surface area contributed by atoms with E-state index in [1.165, 1.54) is 0 Å². The summed E-state index contributed by atoms with van der Waals surface area (Å²) in [5, 5.41) is 12.9. The molecule has 1 aromatic carbocycles. The standard InChI is InChI=1S/C12H11F3N4OS/c1-2-3-16-12-19-18-11(21-12)10(20)17-9-5-7(14)6(13)4-8(9)15/h4-5H,2-3H2,1H3,(H,16,19)(H,17,20). The fourth-order valence-corrected chi connectivity index (χ4v) is 2.08. The van der Waals surface area contributed by atoms with E-state index in [2.05, 4.69) is 20.8 Å². The molecule has 1 aromatic heterocycles. The minimum Gasteiger partial charge on any atom is -0.360 e. The van der Waals surface area contributed by atoms with Crippen LogP contribution in [0.2, 0.25) is 0 Å². The van der Waals surface area contributed by atoms with Gasteiger partial charge in [-0.2, -0.15) is 0 Å². The Morgan fingerprint density at radius 1 is 1.19 bits per heavy atom. The molecule has 0 aliphatic heterocycles. The Balaban J connectivity index is 2.11. The van der Waals surface area contributed by atoms with Gasteiger partial charge >= 0.3 is 0 Å². The second kappa shape index (κ2) is 6.53. The van der Waals surface area contributed by atoms with Crippen molar-refractivity contribution in [1.29, 1.82) is 0 Å². The highest BCUT2D eigenvalue weighted by Gasteiger charge is 2.16. The highest BCUT2D eigenvalue weighted by Crippen LogP contribution is 2.21. The van der Waals surface area contributed by atoms with Gasteiger partial charge < -0.3 is 10.6 Å². The van der Waals surface area contributed by atoms with Gasteiger partial charge in [0.25, 0.3) is 5.91 Å². The summed E-state index contributed by atoms with van der Waals surface area (Å²) in [6.45, 7) is 2.64. The fourth-order valence-electron chi connectivity index (χ4n) is 1.41. The summed E-state index contributed by atoms with van der Waals surface area (Å²) in [4.78, 5) is 11.8. The molecule has 0 fully saturated rings. The summed E-state index contributed by atoms with van der Waals surface area (Å²) in [6, 6.07) is 0.930. The number of anilines is 2. The molecule has 9 heteroatoms. The number of carbonyl (C=O) groups is 1. The van der Waals surface area contributed by atoms with Gasteiger partial charge in [0.2, 0.25) is 10.1 Å². The topological polar surface area (TPSA) is 66.9 Å². The number of nitrogens with one attached hydrogen (secondary N) is 2. The molecule has 1 heterocycles. The van der Waals surface area contributed by atoms with Crippen LogP contribution in [0.1, 0.15) is 23.1 Å². The monoisotopic (exact) mass is 316 g/mol. The van der Waals surface area contributed by atoms with Crippen molar-refractivity contribution >= 4 is 28.1 Å². The third-order valence-electron chi connectivity index (χ3n) is 2.40. The van der Waals surface area contributed by atoms with Crippen molar-refractivity contribution in [3.8, 4) is 0 Å². The van der Waals surface area contributed by atoms with Gasteiger partial charge in [0, 0.05) is 18.7 Å². The van der Waals surface area contributed by atoms with Crippen LogP contribution in [0.5, 0.6) is 0 Å². The number of halogens is 3. The van der Waals surface area contributed by atoms with Crippen molar-refractivity contribution < 1.29 is 18.0 Å². The molecule has 0 aliphatic rings. The third kappa shape index (κ3) is 3.69. The van der Waals surface area contributed by atoms with Gasteiger partial charge in [-0.25, -0.2) is 13.2 Å². The molecular weight excluding hydrogens is 305 g/mol. The molecule has 0 spiro atoms. The van der Waals surface area contributed by atoms with Crippen LogP contribution in [0.3, 0.4) is 0 Å². The molecule has 0 bridgehead atoms. The van der Waals surface area contributed by atoms with E-state index in [-0.39, 0.29) is 5.01 Å². The first kappa shape index (κ1) is 15.2. The molecule has 0 aliphatic carbocycles. The van der Waals surface area contributed by atoms with E-state index in [4.69, 9.17) is 0 Å². The van der Waals surface area contributed by atoms with Crippen LogP contribution >= 0.6 is 11.3 Å². The van der Waals surface area contributed by atoms with Crippen LogP contribution in [0.25, 0.3) is 0 Å². The highest BCUT2D eigenvalue weighted by molar-refractivity contribution is 7.17. The Kier molecular flexibility index (Phi) is 4.73. The normalized spacial score (nSPS) is 10.5. The van der Waals surface area contributed by atoms with E-state index in [1.807, 2.05) is 6.92 Å². The maximum absolute atomic E-state index is 13.4. The van der Waals surface area contributed by atoms with Crippen LogP contribution in [0, 0.1) is 17.5 Å². The van der Waals surface area contributed by atoms with Gasteiger partial charge in [-0.1, -0.05) is 18.3 Å². The zero-order chi connectivity index (χ0) is 15.4. The molecular formula is C12H11F3N4OS. The van der Waals surface area contributed by atoms with E-state index in [9.17, 15) is 18.0 Å². The highest BCUT2D eigenvalue weighted by atomic mass is 32.1. The first-order chi connectivity index (χ1) is 10.0. The molecule has 2 aromatic rings. The van der Waals surface area contributed by atoms with Crippen LogP contribution in [0.4, 0.5) is 24.0 Å². The number of amides is 1. The van der Waals surface area contributed by atoms with E-state index in [0.29, 0.717) is 23.8 Å². The summed E-state index contributed by atoms with van der Waals surface area (Å²) in [6.07, 6.45) is 0.876. The molecule has 1 amide bonds. The Labute approximate surface area is 122 Å². The van der Waals surface area contributed by atoms with Crippen molar-refractivity contribution in [2.75, 3.05) is 17.2 Å². The summed E-state index contributed by atoms with van der Waals surface area (Å²) in [7, 11) is 0. The zero-order valence-electron chi connectivity index (χ0n) is 10.9. The van der Waals surface area contributed by atoms with Gasteiger partial charge in [-0.05, 0) is 6.42 Å². The quantitative estimate of drug-likeness (QED) is 0.832. The van der Waals surface area contributed by atoms with Gasteiger partial charge in [-0.15, -0.1) is 10.2 Å². The molecule has 21 heavy (non-hydrogen) atoms. The van der Waals surface area contributed by atoms with Crippen molar-refractivity contribution in [2.45, 2.75) is 13.3 Å². The molecule has 0 unspecified atom stereocenters. The number of hydrogen-bond donors (Lipinski definition) is 2. The number of benzene rings is 1. The molecule has 112 valence electrons. The van der Waals surface area contributed by atoms with Gasteiger partial charge in [0.05, 0.1) is 5.69 Å². The zero-order valence-corrected chi connectivity index (χ0v) is 11.7. The fraction of sp³-hybridized carbons (Fsp3) is 0.250. The first-order valence-electron chi connectivity index (χ1n) is 6.04. The van der Waals surface area contributed by atoms with Crippen molar-refractivity contribution in [1.82, 2.24) is 10.2 Å². The predicted molar refractivity (Wildman–Crippen MR) is 73.0 cm³/mol. The smallest absolute Gasteiger partial charge is 0.286 e. The lowest BCUT2D eigenvalue weighted by atomic mass is 10.3. The number of carbonyl (C=O) groups excluding carboxylic acids is 1. The summed E-state index contributed by atoms with van der Waals surface area (Å²) in [5.41, 5.74) is -0.461. The lowest BCUT2D eigenvalue weighted by Gasteiger charge is -2.04. The maximum Gasteiger partial charge on any atom is 0.286 e. The summed E-state index contributed by atoms with van der Waals surface area (Å²) < 4.78 is 39.2. The molecule has 0 atom stereocenters. The molecule has 0 saturated carbocycles. The lowest BCUT2D eigenvalue weighted by molar-refractivity contribution is 0.102. The second-order valence-corrected chi connectivity index (χ2v) is 5.02. The number of rotatable bonds is 5. The van der Waals surface area contributed by atoms with Crippen LogP contribution in [0.15, 0.2) is 12.1 Å². The summed E-state index contributed by atoms with van der Waals surface area (Å²) >= 11 is 0.978. The Hall–Kier alpha value is -2.16. The van der Waals surface area contributed by atoms with Gasteiger partial charge in [0.1, 0.15) is 5.82 Å². The van der Waals surface area contributed by atoms with Crippen LogP contribution in [-0.4, -0.2) is 22.6 Å². The van der Waals surface area contributed by atoms with Crippen LogP contribution in [-0.2, 0) is 0 Å². The average molecular weight is 316 g/mol. The lowest BCUT2D eigenvalue weighted by Crippen LogP contribution is -2.13. The molecule has 2 rings (SSSR count). The molecule has 0 saturated heterocycles. The third-order valence-corrected chi connectivity index (χ3v) is 3.28. The predicted octanol–water partition coefficient (Wildman–Crippen LogP) is 3.03. The molecule has 2 N–H and O–H groups in total. The van der Waals surface area contributed by atoms with Crippen molar-refractivity contribution in [3.63, 3.8) is 0 Å². The van der Waals surface area contributed by atoms with Crippen LogP contribution < -0.4 is 10.6 Å². The Bertz CT molecular complexity index is 662. The molecule has 5 nitrogen and oxygen atoms in total. The Morgan fingerprint density at radius 3 is 2.62 bits per heavy atom. The SMILES string of the molecule is CCCNc1nnc(C(=O)Nc2cc(F)c(F)cc2F)s1. The van der Waals surface area contributed by atoms with E-state index in [1.54, 1.807) is 0 Å². The van der Waals surface area contributed by atoms with Crippen molar-refractivity contribution in [2.24, 2.45) is 0 Å². The first-order valence-corrected chi connectivity index (χ1v) is 6.86. The Morgan fingerprint density at radius 2 is 1.90 bits per heavy atom. The number of aromatic nitrogens is 2. The number of hydrogen-bond acceptors (Lipinski definition) is 5. The second-order valence-electron chi connectivity index (χ2n) is 4.04. The van der Waals surface area contributed by atoms with Crippen molar-refractivity contribution in [3.05, 3.63) is 34.6 Å². The van der Waals surface area contributed by atoms with E-state index < -0.39 is 29.0 Å². The molecule has 0 radical (unpaired) electrons. The summed E-state index contributed by atoms with van der Waals surface area (Å²) in [5.74, 6) is -4.40. The average Bonchev–Trinajstić information content (AvgIpc) is 2.91. The minimum atomic E-state index is -1.33. The van der Waals surface area contributed by atoms with E-state index in [0.717, 1.165) is 17.8 Å². The largest absolute Gasteiger partial charge is 0.360 e. The van der Waals surface area contributed by atoms with E-state index >= 15 is 0 Å². The van der Waals surface area contributed by atoms with Gasteiger partial charge in [0.15, 0.2) is 11.6 Å². The van der Waals surface area contributed by atoms with Gasteiger partial charge in [-0.3, -0.25) is 4.79 Å².